The van der Waals surface area contributed by atoms with Crippen LogP contribution in [0.25, 0.3) is 0 Å². The maximum absolute atomic E-state index is 12.2. The topological polar surface area (TPSA) is 61.4 Å². The number of hydrogen-bond donors (Lipinski definition) is 3. The van der Waals surface area contributed by atoms with Crippen LogP contribution in [0.1, 0.15) is 51.1 Å². The fourth-order valence-electron chi connectivity index (χ4n) is 3.03. The zero-order valence-electron chi connectivity index (χ0n) is 13.6. The predicted octanol–water partition coefficient (Wildman–Crippen LogP) is 3.23. The Morgan fingerprint density at radius 3 is 2.50 bits per heavy atom. The summed E-state index contributed by atoms with van der Waals surface area (Å²) < 4.78 is 0. The highest BCUT2D eigenvalue weighted by molar-refractivity contribution is 5.74. The highest BCUT2D eigenvalue weighted by Gasteiger charge is 2.29. The summed E-state index contributed by atoms with van der Waals surface area (Å²) in [7, 11) is 0. The van der Waals surface area contributed by atoms with E-state index in [-0.39, 0.29) is 24.1 Å². The zero-order chi connectivity index (χ0) is 15.9. The number of benzene rings is 1. The molecule has 1 fully saturated rings. The van der Waals surface area contributed by atoms with E-state index in [4.69, 9.17) is 0 Å². The Morgan fingerprint density at radius 1 is 1.27 bits per heavy atom. The van der Waals surface area contributed by atoms with Gasteiger partial charge in [-0.3, -0.25) is 0 Å². The van der Waals surface area contributed by atoms with Gasteiger partial charge in [0.15, 0.2) is 0 Å². The van der Waals surface area contributed by atoms with Gasteiger partial charge in [0.05, 0.1) is 12.1 Å². The van der Waals surface area contributed by atoms with E-state index >= 15 is 0 Å². The van der Waals surface area contributed by atoms with Crippen molar-refractivity contribution >= 4 is 6.03 Å². The van der Waals surface area contributed by atoms with Crippen molar-refractivity contribution in [2.45, 2.75) is 51.7 Å². The molecule has 2 amide bonds. The van der Waals surface area contributed by atoms with Crippen LogP contribution in [-0.2, 0) is 0 Å². The first-order valence-corrected chi connectivity index (χ1v) is 8.33. The minimum Gasteiger partial charge on any atom is -0.393 e. The Labute approximate surface area is 133 Å². The molecule has 3 unspecified atom stereocenters. The van der Waals surface area contributed by atoms with Crippen LogP contribution >= 0.6 is 0 Å². The van der Waals surface area contributed by atoms with Crippen molar-refractivity contribution in [2.24, 2.45) is 11.8 Å². The van der Waals surface area contributed by atoms with Crippen LogP contribution in [0.5, 0.6) is 0 Å². The molecule has 4 nitrogen and oxygen atoms in total. The molecule has 3 atom stereocenters. The van der Waals surface area contributed by atoms with E-state index in [1.807, 2.05) is 25.1 Å². The lowest BCUT2D eigenvalue weighted by molar-refractivity contribution is 0.162. The molecular formula is C18H28N2O2. The van der Waals surface area contributed by atoms with Crippen LogP contribution in [0, 0.1) is 11.8 Å². The van der Waals surface area contributed by atoms with Gasteiger partial charge in [0.25, 0.3) is 0 Å². The van der Waals surface area contributed by atoms with Gasteiger partial charge in [0.2, 0.25) is 0 Å². The number of hydrogen-bond acceptors (Lipinski definition) is 2. The summed E-state index contributed by atoms with van der Waals surface area (Å²) in [5.41, 5.74) is 1.18. The van der Waals surface area contributed by atoms with E-state index in [1.165, 1.54) is 24.8 Å². The lowest BCUT2D eigenvalue weighted by Crippen LogP contribution is -2.43. The normalized spacial score (nSPS) is 18.9. The number of aliphatic hydroxyl groups is 1. The molecule has 0 aromatic heterocycles. The third-order valence-corrected chi connectivity index (χ3v) is 4.42. The minimum absolute atomic E-state index is 0.0991. The van der Waals surface area contributed by atoms with Crippen LogP contribution in [-0.4, -0.2) is 23.8 Å². The van der Waals surface area contributed by atoms with Crippen molar-refractivity contribution < 1.29 is 9.90 Å². The molecule has 1 saturated carbocycles. The zero-order valence-corrected chi connectivity index (χ0v) is 13.6. The standard InChI is InChI=1S/C18H28N2O2/c1-13(11-14(2)21)12-19-18(22)20-17(16-9-6-10-16)15-7-4-3-5-8-15/h3-5,7-8,13-14,16-17,21H,6,9-12H2,1-2H3,(H2,19,20,22). The second-order valence-corrected chi connectivity index (χ2v) is 6.62. The molecule has 4 heteroatoms. The largest absolute Gasteiger partial charge is 0.393 e. The Bertz CT molecular complexity index is 457. The maximum Gasteiger partial charge on any atom is 0.315 e. The van der Waals surface area contributed by atoms with Gasteiger partial charge < -0.3 is 15.7 Å². The Kier molecular flexibility index (Phi) is 6.25. The van der Waals surface area contributed by atoms with E-state index in [2.05, 4.69) is 22.8 Å². The molecule has 0 aliphatic heterocycles. The number of amides is 2. The Hall–Kier alpha value is -1.55. The summed E-state index contributed by atoms with van der Waals surface area (Å²) in [6, 6.07) is 10.2. The summed E-state index contributed by atoms with van der Waals surface area (Å²) in [5, 5.41) is 15.4. The Balaban J connectivity index is 1.86. The molecule has 1 aromatic rings. The first-order valence-electron chi connectivity index (χ1n) is 8.33. The highest BCUT2D eigenvalue weighted by atomic mass is 16.3. The van der Waals surface area contributed by atoms with E-state index in [0.717, 1.165) is 0 Å². The number of rotatable bonds is 7. The van der Waals surface area contributed by atoms with Gasteiger partial charge >= 0.3 is 6.03 Å². The second-order valence-electron chi connectivity index (χ2n) is 6.62. The molecule has 22 heavy (non-hydrogen) atoms. The molecule has 2 rings (SSSR count). The molecule has 1 aromatic carbocycles. The van der Waals surface area contributed by atoms with Crippen molar-refractivity contribution in [3.63, 3.8) is 0 Å². The van der Waals surface area contributed by atoms with Gasteiger partial charge in [0, 0.05) is 6.54 Å². The van der Waals surface area contributed by atoms with Gasteiger partial charge in [-0.15, -0.1) is 0 Å². The molecule has 1 aliphatic rings. The molecule has 1 aliphatic carbocycles. The predicted molar refractivity (Wildman–Crippen MR) is 88.5 cm³/mol. The number of carbonyl (C=O) groups excluding carboxylic acids is 1. The summed E-state index contributed by atoms with van der Waals surface area (Å²) in [6.07, 6.45) is 3.98. The summed E-state index contributed by atoms with van der Waals surface area (Å²) in [6.45, 7) is 4.40. The van der Waals surface area contributed by atoms with E-state index in [1.54, 1.807) is 6.92 Å². The van der Waals surface area contributed by atoms with Crippen LogP contribution in [0.2, 0.25) is 0 Å². The fraction of sp³-hybridized carbons (Fsp3) is 0.611. The van der Waals surface area contributed by atoms with Crippen LogP contribution in [0.3, 0.4) is 0 Å². The van der Waals surface area contributed by atoms with Gasteiger partial charge in [-0.25, -0.2) is 4.79 Å². The first-order chi connectivity index (χ1) is 10.6. The summed E-state index contributed by atoms with van der Waals surface area (Å²) in [5.74, 6) is 0.813. The van der Waals surface area contributed by atoms with Crippen molar-refractivity contribution in [3.8, 4) is 0 Å². The van der Waals surface area contributed by atoms with Gasteiger partial charge in [-0.2, -0.15) is 0 Å². The van der Waals surface area contributed by atoms with Crippen LogP contribution < -0.4 is 10.6 Å². The third kappa shape index (κ3) is 5.02. The van der Waals surface area contributed by atoms with Crippen molar-refractivity contribution in [1.82, 2.24) is 10.6 Å². The minimum atomic E-state index is -0.327. The quantitative estimate of drug-likeness (QED) is 0.724. The van der Waals surface area contributed by atoms with Crippen LogP contribution in [0.4, 0.5) is 4.79 Å². The average molecular weight is 304 g/mol. The first kappa shape index (κ1) is 16.8. The monoisotopic (exact) mass is 304 g/mol. The number of carbonyl (C=O) groups is 1. The fourth-order valence-corrected chi connectivity index (χ4v) is 3.03. The molecule has 122 valence electrons. The number of aliphatic hydroxyl groups excluding tert-OH is 1. The van der Waals surface area contributed by atoms with Crippen LogP contribution in [0.15, 0.2) is 30.3 Å². The second kappa shape index (κ2) is 8.18. The third-order valence-electron chi connectivity index (χ3n) is 4.42. The molecule has 0 bridgehead atoms. The Morgan fingerprint density at radius 2 is 1.95 bits per heavy atom. The molecule has 0 radical (unpaired) electrons. The van der Waals surface area contributed by atoms with Gasteiger partial charge in [-0.1, -0.05) is 43.7 Å². The van der Waals surface area contributed by atoms with Crippen molar-refractivity contribution in [1.29, 1.82) is 0 Å². The van der Waals surface area contributed by atoms with Gasteiger partial charge in [0.1, 0.15) is 0 Å². The molecular weight excluding hydrogens is 276 g/mol. The lowest BCUT2D eigenvalue weighted by atomic mass is 9.77. The van der Waals surface area contributed by atoms with E-state index in [0.29, 0.717) is 18.9 Å². The lowest BCUT2D eigenvalue weighted by Gasteiger charge is -2.34. The van der Waals surface area contributed by atoms with Crippen molar-refractivity contribution in [2.75, 3.05) is 6.54 Å². The van der Waals surface area contributed by atoms with E-state index in [9.17, 15) is 9.90 Å². The number of urea groups is 1. The number of nitrogens with one attached hydrogen (secondary N) is 2. The SMILES string of the molecule is CC(O)CC(C)CNC(=O)NC(c1ccccc1)C1CCC1. The molecule has 0 heterocycles. The summed E-state index contributed by atoms with van der Waals surface area (Å²) >= 11 is 0. The highest BCUT2D eigenvalue weighted by Crippen LogP contribution is 2.37. The molecule has 0 saturated heterocycles. The van der Waals surface area contributed by atoms with Gasteiger partial charge in [-0.05, 0) is 43.6 Å². The summed E-state index contributed by atoms with van der Waals surface area (Å²) in [4.78, 5) is 12.2. The van der Waals surface area contributed by atoms with Crippen molar-refractivity contribution in [3.05, 3.63) is 35.9 Å². The molecule has 3 N–H and O–H groups in total. The maximum atomic E-state index is 12.2. The van der Waals surface area contributed by atoms with E-state index < -0.39 is 0 Å². The smallest absolute Gasteiger partial charge is 0.315 e. The molecule has 0 spiro atoms. The average Bonchev–Trinajstić information content (AvgIpc) is 2.43.